The van der Waals surface area contributed by atoms with E-state index >= 15 is 0 Å². The van der Waals surface area contributed by atoms with Gasteiger partial charge in [-0.2, -0.15) is 0 Å². The molecule has 3 nitrogen and oxygen atoms in total. The summed E-state index contributed by atoms with van der Waals surface area (Å²) in [6.07, 6.45) is 6.35. The van der Waals surface area contributed by atoms with E-state index in [0.29, 0.717) is 12.0 Å². The van der Waals surface area contributed by atoms with Gasteiger partial charge in [0, 0.05) is 12.6 Å². The molecule has 1 amide bonds. The zero-order valence-electron chi connectivity index (χ0n) is 10.5. The molecule has 0 bridgehead atoms. The molecule has 1 aliphatic heterocycles. The van der Waals surface area contributed by atoms with Crippen LogP contribution in [0, 0.1) is 5.92 Å². The van der Waals surface area contributed by atoms with Gasteiger partial charge in [-0.15, -0.1) is 0 Å². The van der Waals surface area contributed by atoms with Gasteiger partial charge >= 0.3 is 0 Å². The largest absolute Gasteiger partial charge is 0.338 e. The number of amides is 1. The standard InChI is InChI=1S/C13H24N2O/c1-10-5-3-7-13(14,9-10)12(16)15-8-4-6-11(15)2/h10-11H,3-9,14H2,1-2H3. The molecule has 1 saturated carbocycles. The lowest BCUT2D eigenvalue weighted by Crippen LogP contribution is -2.58. The monoisotopic (exact) mass is 224 g/mol. The first-order chi connectivity index (χ1) is 7.53. The fraction of sp³-hybridized carbons (Fsp3) is 0.923. The quantitative estimate of drug-likeness (QED) is 0.739. The van der Waals surface area contributed by atoms with Crippen molar-refractivity contribution in [2.45, 2.75) is 64.0 Å². The van der Waals surface area contributed by atoms with Crippen molar-refractivity contribution in [1.29, 1.82) is 0 Å². The van der Waals surface area contributed by atoms with Crippen LogP contribution in [-0.2, 0) is 4.79 Å². The van der Waals surface area contributed by atoms with Crippen molar-refractivity contribution < 1.29 is 4.79 Å². The summed E-state index contributed by atoms with van der Waals surface area (Å²) < 4.78 is 0. The predicted octanol–water partition coefficient (Wildman–Crippen LogP) is 1.90. The summed E-state index contributed by atoms with van der Waals surface area (Å²) in [5, 5.41) is 0. The molecule has 2 aliphatic rings. The first-order valence-corrected chi connectivity index (χ1v) is 6.63. The zero-order valence-corrected chi connectivity index (χ0v) is 10.5. The van der Waals surface area contributed by atoms with Crippen LogP contribution in [0.3, 0.4) is 0 Å². The first-order valence-electron chi connectivity index (χ1n) is 6.63. The molecule has 0 aromatic heterocycles. The fourth-order valence-electron chi connectivity index (χ4n) is 3.31. The Bertz CT molecular complexity index is 279. The third-order valence-electron chi connectivity index (χ3n) is 4.27. The minimum absolute atomic E-state index is 0.212. The predicted molar refractivity (Wildman–Crippen MR) is 65.0 cm³/mol. The molecule has 0 spiro atoms. The van der Waals surface area contributed by atoms with Gasteiger partial charge in [-0.05, 0) is 38.5 Å². The summed E-state index contributed by atoms with van der Waals surface area (Å²) >= 11 is 0. The molecule has 1 saturated heterocycles. The maximum Gasteiger partial charge on any atom is 0.242 e. The van der Waals surface area contributed by atoms with E-state index < -0.39 is 5.54 Å². The highest BCUT2D eigenvalue weighted by molar-refractivity contribution is 5.86. The number of nitrogens with two attached hydrogens (primary N) is 1. The van der Waals surface area contributed by atoms with Gasteiger partial charge in [-0.1, -0.05) is 19.8 Å². The Morgan fingerprint density at radius 3 is 2.62 bits per heavy atom. The van der Waals surface area contributed by atoms with Gasteiger partial charge in [0.1, 0.15) is 0 Å². The normalized spacial score (nSPS) is 40.1. The van der Waals surface area contributed by atoms with Gasteiger partial charge in [-0.3, -0.25) is 4.79 Å². The molecule has 0 radical (unpaired) electrons. The van der Waals surface area contributed by atoms with E-state index in [1.54, 1.807) is 0 Å². The van der Waals surface area contributed by atoms with Crippen molar-refractivity contribution in [3.8, 4) is 0 Å². The number of nitrogens with zero attached hydrogens (tertiary/aromatic N) is 1. The summed E-state index contributed by atoms with van der Waals surface area (Å²) in [6, 6.07) is 0.394. The van der Waals surface area contributed by atoms with E-state index in [0.717, 1.165) is 38.6 Å². The van der Waals surface area contributed by atoms with E-state index in [1.807, 2.05) is 4.90 Å². The minimum Gasteiger partial charge on any atom is -0.338 e. The number of carbonyl (C=O) groups is 1. The highest BCUT2D eigenvalue weighted by Crippen LogP contribution is 2.33. The summed E-state index contributed by atoms with van der Waals surface area (Å²) in [4.78, 5) is 14.5. The topological polar surface area (TPSA) is 46.3 Å². The van der Waals surface area contributed by atoms with Crippen LogP contribution in [0.15, 0.2) is 0 Å². The van der Waals surface area contributed by atoms with Gasteiger partial charge in [0.15, 0.2) is 0 Å². The Kier molecular flexibility index (Phi) is 3.24. The Morgan fingerprint density at radius 2 is 2.06 bits per heavy atom. The van der Waals surface area contributed by atoms with Crippen LogP contribution >= 0.6 is 0 Å². The van der Waals surface area contributed by atoms with E-state index in [9.17, 15) is 4.79 Å². The van der Waals surface area contributed by atoms with Crippen LogP contribution in [0.5, 0.6) is 0 Å². The van der Waals surface area contributed by atoms with Crippen LogP contribution < -0.4 is 5.73 Å². The lowest BCUT2D eigenvalue weighted by Gasteiger charge is -2.39. The van der Waals surface area contributed by atoms with Crippen molar-refractivity contribution in [1.82, 2.24) is 4.90 Å². The molecule has 0 aromatic carbocycles. The Labute approximate surface area is 98.4 Å². The maximum absolute atomic E-state index is 12.5. The molecule has 2 fully saturated rings. The van der Waals surface area contributed by atoms with Crippen molar-refractivity contribution >= 4 is 5.91 Å². The van der Waals surface area contributed by atoms with Gasteiger partial charge in [-0.25, -0.2) is 0 Å². The molecule has 3 atom stereocenters. The maximum atomic E-state index is 12.5. The molecule has 2 rings (SSSR count). The number of likely N-dealkylation sites (tertiary alicyclic amines) is 1. The number of hydrogen-bond acceptors (Lipinski definition) is 2. The molecule has 3 unspecified atom stereocenters. The fourth-order valence-corrected chi connectivity index (χ4v) is 3.31. The van der Waals surface area contributed by atoms with Crippen LogP contribution in [0.1, 0.15) is 52.4 Å². The average Bonchev–Trinajstić information content (AvgIpc) is 2.63. The van der Waals surface area contributed by atoms with Crippen LogP contribution in [0.2, 0.25) is 0 Å². The van der Waals surface area contributed by atoms with Crippen molar-refractivity contribution in [2.75, 3.05) is 6.54 Å². The van der Waals surface area contributed by atoms with Gasteiger partial charge < -0.3 is 10.6 Å². The molecule has 3 heteroatoms. The second-order valence-corrected chi connectivity index (χ2v) is 5.85. The van der Waals surface area contributed by atoms with Gasteiger partial charge in [0.25, 0.3) is 0 Å². The van der Waals surface area contributed by atoms with Gasteiger partial charge in [0.05, 0.1) is 5.54 Å². The Morgan fingerprint density at radius 1 is 1.31 bits per heavy atom. The smallest absolute Gasteiger partial charge is 0.242 e. The summed E-state index contributed by atoms with van der Waals surface area (Å²) in [7, 11) is 0. The lowest BCUT2D eigenvalue weighted by molar-refractivity contribution is -0.139. The third-order valence-corrected chi connectivity index (χ3v) is 4.27. The van der Waals surface area contributed by atoms with Crippen LogP contribution in [-0.4, -0.2) is 28.9 Å². The molecule has 2 N–H and O–H groups in total. The average molecular weight is 224 g/mol. The zero-order chi connectivity index (χ0) is 11.8. The van der Waals surface area contributed by atoms with Crippen molar-refractivity contribution in [2.24, 2.45) is 11.7 Å². The molecule has 1 aliphatic carbocycles. The first kappa shape index (κ1) is 11.9. The summed E-state index contributed by atoms with van der Waals surface area (Å²) in [5.74, 6) is 0.810. The highest BCUT2D eigenvalue weighted by atomic mass is 16.2. The second-order valence-electron chi connectivity index (χ2n) is 5.85. The highest BCUT2D eigenvalue weighted by Gasteiger charge is 2.42. The van der Waals surface area contributed by atoms with Crippen LogP contribution in [0.25, 0.3) is 0 Å². The number of rotatable bonds is 1. The van der Waals surface area contributed by atoms with E-state index in [1.165, 1.54) is 6.42 Å². The van der Waals surface area contributed by atoms with E-state index in [4.69, 9.17) is 5.73 Å². The van der Waals surface area contributed by atoms with E-state index in [-0.39, 0.29) is 5.91 Å². The molecular formula is C13H24N2O. The third kappa shape index (κ3) is 2.10. The minimum atomic E-state index is -0.559. The van der Waals surface area contributed by atoms with Crippen molar-refractivity contribution in [3.05, 3.63) is 0 Å². The van der Waals surface area contributed by atoms with Crippen LogP contribution in [0.4, 0.5) is 0 Å². The summed E-state index contributed by atoms with van der Waals surface area (Å²) in [6.45, 7) is 5.26. The molecule has 1 heterocycles. The van der Waals surface area contributed by atoms with Crippen molar-refractivity contribution in [3.63, 3.8) is 0 Å². The number of carbonyl (C=O) groups excluding carboxylic acids is 1. The molecule has 16 heavy (non-hydrogen) atoms. The number of hydrogen-bond donors (Lipinski definition) is 1. The molecular weight excluding hydrogens is 200 g/mol. The van der Waals surface area contributed by atoms with Gasteiger partial charge in [0.2, 0.25) is 5.91 Å². The lowest BCUT2D eigenvalue weighted by atomic mass is 9.76. The Hall–Kier alpha value is -0.570. The Balaban J connectivity index is 2.07. The van der Waals surface area contributed by atoms with E-state index in [2.05, 4.69) is 13.8 Å². The molecule has 92 valence electrons. The summed E-state index contributed by atoms with van der Waals surface area (Å²) in [5.41, 5.74) is 5.78. The SMILES string of the molecule is CC1CCCC(N)(C(=O)N2CCCC2C)C1. The molecule has 0 aromatic rings. The second kappa shape index (κ2) is 4.36.